The van der Waals surface area contributed by atoms with Crippen LogP contribution in [0, 0.1) is 12.7 Å². The standard InChI is InChI=1S/C14H13FN2O3/c1-7-2-3-8-6-17(14(20)11(8)12(7)15)9-4-5-10(18)16-13(9)19/h2-3,9H,4-6H2,1H3,(H,16,18,19)/t9-/m1/s1. The van der Waals surface area contributed by atoms with Crippen LogP contribution in [0.1, 0.15) is 34.3 Å². The topological polar surface area (TPSA) is 66.5 Å². The summed E-state index contributed by atoms with van der Waals surface area (Å²) >= 11 is 0. The molecule has 2 aliphatic rings. The van der Waals surface area contributed by atoms with Gasteiger partial charge in [-0.05, 0) is 24.5 Å². The molecule has 1 aromatic carbocycles. The van der Waals surface area contributed by atoms with Crippen LogP contribution in [0.4, 0.5) is 4.39 Å². The van der Waals surface area contributed by atoms with E-state index >= 15 is 0 Å². The summed E-state index contributed by atoms with van der Waals surface area (Å²) in [4.78, 5) is 36.6. The van der Waals surface area contributed by atoms with Gasteiger partial charge < -0.3 is 4.90 Å². The third-order valence-electron chi connectivity index (χ3n) is 3.82. The molecule has 1 atom stereocenters. The van der Waals surface area contributed by atoms with E-state index in [0.29, 0.717) is 11.1 Å². The summed E-state index contributed by atoms with van der Waals surface area (Å²) in [7, 11) is 0. The Hall–Kier alpha value is -2.24. The number of nitrogens with one attached hydrogen (secondary N) is 1. The predicted octanol–water partition coefficient (Wildman–Crippen LogP) is 0.895. The molecule has 0 radical (unpaired) electrons. The van der Waals surface area contributed by atoms with E-state index in [1.54, 1.807) is 19.1 Å². The fourth-order valence-corrected chi connectivity index (χ4v) is 2.71. The Labute approximate surface area is 114 Å². The van der Waals surface area contributed by atoms with E-state index in [1.165, 1.54) is 4.90 Å². The lowest BCUT2D eigenvalue weighted by atomic mass is 10.0. The second-order valence-electron chi connectivity index (χ2n) is 5.13. The second-order valence-corrected chi connectivity index (χ2v) is 5.13. The van der Waals surface area contributed by atoms with Crippen LogP contribution in [0.3, 0.4) is 0 Å². The summed E-state index contributed by atoms with van der Waals surface area (Å²) < 4.78 is 14.1. The largest absolute Gasteiger partial charge is 0.322 e. The van der Waals surface area contributed by atoms with E-state index in [4.69, 9.17) is 0 Å². The predicted molar refractivity (Wildman–Crippen MR) is 67.2 cm³/mol. The Morgan fingerprint density at radius 3 is 2.75 bits per heavy atom. The Kier molecular flexibility index (Phi) is 2.81. The first-order valence-corrected chi connectivity index (χ1v) is 6.41. The van der Waals surface area contributed by atoms with Crippen LogP contribution in [0.2, 0.25) is 0 Å². The van der Waals surface area contributed by atoms with Gasteiger partial charge in [0, 0.05) is 13.0 Å². The molecule has 0 saturated carbocycles. The van der Waals surface area contributed by atoms with Crippen LogP contribution in [-0.2, 0) is 16.1 Å². The van der Waals surface area contributed by atoms with Crippen molar-refractivity contribution in [1.29, 1.82) is 0 Å². The highest BCUT2D eigenvalue weighted by Crippen LogP contribution is 2.30. The molecule has 0 spiro atoms. The Balaban J connectivity index is 1.93. The highest BCUT2D eigenvalue weighted by molar-refractivity contribution is 6.05. The van der Waals surface area contributed by atoms with Crippen molar-refractivity contribution < 1.29 is 18.8 Å². The Morgan fingerprint density at radius 2 is 2.05 bits per heavy atom. The number of hydrogen-bond donors (Lipinski definition) is 1. The van der Waals surface area contributed by atoms with Crippen LogP contribution in [0.15, 0.2) is 12.1 Å². The molecule has 20 heavy (non-hydrogen) atoms. The minimum atomic E-state index is -0.702. The molecule has 5 nitrogen and oxygen atoms in total. The lowest BCUT2D eigenvalue weighted by Gasteiger charge is -2.29. The number of carbonyl (C=O) groups is 3. The van der Waals surface area contributed by atoms with E-state index in [9.17, 15) is 18.8 Å². The number of imide groups is 1. The first kappa shape index (κ1) is 12.8. The van der Waals surface area contributed by atoms with Gasteiger partial charge in [-0.1, -0.05) is 12.1 Å². The van der Waals surface area contributed by atoms with Crippen molar-refractivity contribution in [3.63, 3.8) is 0 Å². The third-order valence-corrected chi connectivity index (χ3v) is 3.82. The fourth-order valence-electron chi connectivity index (χ4n) is 2.71. The number of carbonyl (C=O) groups excluding carboxylic acids is 3. The van der Waals surface area contributed by atoms with Crippen molar-refractivity contribution in [3.05, 3.63) is 34.6 Å². The van der Waals surface area contributed by atoms with Crippen LogP contribution in [0.5, 0.6) is 0 Å². The first-order chi connectivity index (χ1) is 9.49. The van der Waals surface area contributed by atoms with Gasteiger partial charge in [0.05, 0.1) is 5.56 Å². The molecule has 0 aromatic heterocycles. The number of aryl methyl sites for hydroxylation is 1. The number of halogens is 1. The first-order valence-electron chi connectivity index (χ1n) is 6.41. The summed E-state index contributed by atoms with van der Waals surface area (Å²) in [5.74, 6) is -1.82. The van der Waals surface area contributed by atoms with Crippen LogP contribution in [-0.4, -0.2) is 28.7 Å². The fraction of sp³-hybridized carbons (Fsp3) is 0.357. The summed E-state index contributed by atoms with van der Waals surface area (Å²) in [6.07, 6.45) is 0.475. The quantitative estimate of drug-likeness (QED) is 0.775. The van der Waals surface area contributed by atoms with E-state index in [0.717, 1.165) is 0 Å². The lowest BCUT2D eigenvalue weighted by Crippen LogP contribution is -2.52. The SMILES string of the molecule is Cc1ccc2c(c1F)C(=O)N([C@@H]1CCC(=O)NC1=O)C2. The zero-order valence-corrected chi connectivity index (χ0v) is 10.9. The normalized spacial score (nSPS) is 22.0. The molecule has 0 aliphatic carbocycles. The van der Waals surface area contributed by atoms with E-state index in [-0.39, 0.29) is 30.9 Å². The number of hydrogen-bond acceptors (Lipinski definition) is 3. The molecule has 3 rings (SSSR count). The van der Waals surface area contributed by atoms with Gasteiger partial charge in [0.1, 0.15) is 11.9 Å². The van der Waals surface area contributed by atoms with Crippen LogP contribution < -0.4 is 5.32 Å². The second kappa shape index (κ2) is 4.40. The summed E-state index contributed by atoms with van der Waals surface area (Å²) in [5, 5.41) is 2.21. The number of rotatable bonds is 1. The van der Waals surface area contributed by atoms with Gasteiger partial charge in [0.25, 0.3) is 5.91 Å². The van der Waals surface area contributed by atoms with Gasteiger partial charge in [-0.25, -0.2) is 4.39 Å². The zero-order valence-electron chi connectivity index (χ0n) is 10.9. The van der Waals surface area contributed by atoms with Crippen molar-refractivity contribution in [2.75, 3.05) is 0 Å². The van der Waals surface area contributed by atoms with Crippen molar-refractivity contribution in [3.8, 4) is 0 Å². The number of amides is 3. The van der Waals surface area contributed by atoms with Gasteiger partial charge in [0.2, 0.25) is 11.8 Å². The molecule has 0 bridgehead atoms. The molecule has 6 heteroatoms. The van der Waals surface area contributed by atoms with Gasteiger partial charge in [0.15, 0.2) is 0 Å². The highest BCUT2D eigenvalue weighted by Gasteiger charge is 2.40. The number of fused-ring (bicyclic) bond motifs is 1. The average molecular weight is 276 g/mol. The number of piperidine rings is 1. The Bertz CT molecular complexity index is 642. The van der Waals surface area contributed by atoms with Gasteiger partial charge in [-0.3, -0.25) is 19.7 Å². The van der Waals surface area contributed by atoms with Gasteiger partial charge in [-0.2, -0.15) is 0 Å². The summed E-state index contributed by atoms with van der Waals surface area (Å²) in [6, 6.07) is 2.62. The lowest BCUT2D eigenvalue weighted by molar-refractivity contribution is -0.136. The maximum absolute atomic E-state index is 14.1. The smallest absolute Gasteiger partial charge is 0.258 e. The number of benzene rings is 1. The van der Waals surface area contributed by atoms with Crippen molar-refractivity contribution in [2.24, 2.45) is 0 Å². The maximum atomic E-state index is 14.1. The van der Waals surface area contributed by atoms with Crippen LogP contribution in [0.25, 0.3) is 0 Å². The summed E-state index contributed by atoms with van der Waals surface area (Å²) in [6.45, 7) is 1.80. The molecule has 1 fully saturated rings. The van der Waals surface area contributed by atoms with Gasteiger partial charge >= 0.3 is 0 Å². The molecule has 104 valence electrons. The highest BCUT2D eigenvalue weighted by atomic mass is 19.1. The van der Waals surface area contributed by atoms with E-state index in [2.05, 4.69) is 5.32 Å². The molecule has 1 saturated heterocycles. The minimum absolute atomic E-state index is 0.0506. The van der Waals surface area contributed by atoms with Crippen LogP contribution >= 0.6 is 0 Å². The molecular weight excluding hydrogens is 263 g/mol. The molecule has 2 heterocycles. The maximum Gasteiger partial charge on any atom is 0.258 e. The minimum Gasteiger partial charge on any atom is -0.322 e. The van der Waals surface area contributed by atoms with E-state index in [1.807, 2.05) is 0 Å². The Morgan fingerprint density at radius 1 is 1.30 bits per heavy atom. The number of nitrogens with zero attached hydrogens (tertiary/aromatic N) is 1. The molecular formula is C14H13FN2O3. The molecule has 1 N–H and O–H groups in total. The van der Waals surface area contributed by atoms with Crippen molar-refractivity contribution in [2.45, 2.75) is 32.4 Å². The molecule has 3 amide bonds. The van der Waals surface area contributed by atoms with E-state index < -0.39 is 23.7 Å². The average Bonchev–Trinajstić information content (AvgIpc) is 2.72. The van der Waals surface area contributed by atoms with Crippen molar-refractivity contribution >= 4 is 17.7 Å². The molecule has 1 aromatic rings. The molecule has 0 unspecified atom stereocenters. The third kappa shape index (κ3) is 1.79. The zero-order chi connectivity index (χ0) is 14.4. The van der Waals surface area contributed by atoms with Gasteiger partial charge in [-0.15, -0.1) is 0 Å². The monoisotopic (exact) mass is 276 g/mol. The molecule has 2 aliphatic heterocycles. The summed E-state index contributed by atoms with van der Waals surface area (Å²) in [5.41, 5.74) is 1.04. The van der Waals surface area contributed by atoms with Crippen molar-refractivity contribution in [1.82, 2.24) is 10.2 Å².